The number of nitrogens with two attached hydrogens (primary N) is 1. The van der Waals surface area contributed by atoms with Gasteiger partial charge in [-0.15, -0.1) is 0 Å². The molecular weight excluding hydrogens is 469 g/mol. The van der Waals surface area contributed by atoms with E-state index in [1.165, 1.54) is 30.3 Å². The quantitative estimate of drug-likeness (QED) is 0.297. The Morgan fingerprint density at radius 2 is 1.75 bits per heavy atom. The molecule has 184 valence electrons. The van der Waals surface area contributed by atoms with Crippen LogP contribution in [0.4, 0.5) is 4.39 Å². The number of carbonyl (C=O) groups excluding carboxylic acids is 3. The number of primary amides is 1. The maximum Gasteiger partial charge on any atom is 0.230 e. The zero-order chi connectivity index (χ0) is 25.9. The van der Waals surface area contributed by atoms with Gasteiger partial charge in [0.1, 0.15) is 23.2 Å². The normalized spacial score (nSPS) is 29.0. The maximum absolute atomic E-state index is 14.0. The molecule has 36 heavy (non-hydrogen) atoms. The minimum Gasteiger partial charge on any atom is -0.508 e. The van der Waals surface area contributed by atoms with Crippen LogP contribution in [0, 0.1) is 35.4 Å². The Labute approximate surface area is 204 Å². The summed E-state index contributed by atoms with van der Waals surface area (Å²) in [5.74, 6) is -2.63. The van der Waals surface area contributed by atoms with Gasteiger partial charge in [-0.1, -0.05) is 24.0 Å². The molecule has 0 bridgehead atoms. The summed E-state index contributed by atoms with van der Waals surface area (Å²) in [7, 11) is 0. The number of allylic oxidation sites excluding steroid dienone is 1. The van der Waals surface area contributed by atoms with E-state index >= 15 is 0 Å². The lowest BCUT2D eigenvalue weighted by Crippen LogP contribution is -2.63. The van der Waals surface area contributed by atoms with Gasteiger partial charge >= 0.3 is 0 Å². The number of hydrogen-bond donors (Lipinski definition) is 5. The number of ketones is 2. The molecule has 0 aromatic heterocycles. The number of fused-ring (bicyclic) bond motifs is 3. The molecule has 2 aromatic carbocycles. The minimum absolute atomic E-state index is 0.0468. The SMILES string of the molecule is NC(=O)C1C(=O)[C@@]2(O)C(O)=C3C(=O)c4c(O)ccc(C#Cc5ccccc5F)c4C[C@H]3C[C@H]2CC1O. The lowest BCUT2D eigenvalue weighted by molar-refractivity contribution is -0.167. The van der Waals surface area contributed by atoms with E-state index in [1.807, 2.05) is 0 Å². The molecule has 5 rings (SSSR count). The number of amides is 1. The van der Waals surface area contributed by atoms with Crippen LogP contribution in [0.5, 0.6) is 5.75 Å². The molecule has 1 fully saturated rings. The molecule has 0 aliphatic heterocycles. The number of phenols is 1. The van der Waals surface area contributed by atoms with E-state index in [9.17, 15) is 39.2 Å². The molecule has 0 spiro atoms. The maximum atomic E-state index is 14.0. The molecule has 0 heterocycles. The van der Waals surface area contributed by atoms with Crippen molar-refractivity contribution in [2.24, 2.45) is 23.5 Å². The summed E-state index contributed by atoms with van der Waals surface area (Å²) in [5, 5.41) is 43.2. The number of aliphatic hydroxyl groups excluding tert-OH is 2. The highest BCUT2D eigenvalue weighted by Crippen LogP contribution is 2.51. The van der Waals surface area contributed by atoms with Gasteiger partial charge in [0.2, 0.25) is 5.91 Å². The first-order chi connectivity index (χ1) is 17.1. The molecule has 8 nitrogen and oxygen atoms in total. The van der Waals surface area contributed by atoms with E-state index < -0.39 is 58.5 Å². The van der Waals surface area contributed by atoms with Gasteiger partial charge in [0.05, 0.1) is 17.2 Å². The molecular formula is C27H22FNO7. The summed E-state index contributed by atoms with van der Waals surface area (Å²) in [6.07, 6.45) is -1.45. The van der Waals surface area contributed by atoms with Crippen LogP contribution in [0.3, 0.4) is 0 Å². The Balaban J connectivity index is 1.63. The van der Waals surface area contributed by atoms with Crippen LogP contribution in [-0.2, 0) is 16.0 Å². The van der Waals surface area contributed by atoms with Crippen molar-refractivity contribution in [3.05, 3.63) is 75.8 Å². The van der Waals surface area contributed by atoms with Gasteiger partial charge < -0.3 is 26.2 Å². The van der Waals surface area contributed by atoms with Crippen LogP contribution in [-0.4, -0.2) is 49.6 Å². The zero-order valence-corrected chi connectivity index (χ0v) is 18.9. The summed E-state index contributed by atoms with van der Waals surface area (Å²) in [6.45, 7) is 0. The fraction of sp³-hybridized carbons (Fsp3) is 0.296. The van der Waals surface area contributed by atoms with Crippen molar-refractivity contribution in [3.8, 4) is 17.6 Å². The number of Topliss-reactive ketones (excluding diaryl/α,β-unsaturated/α-hetero) is 2. The van der Waals surface area contributed by atoms with E-state index in [0.29, 0.717) is 11.1 Å². The summed E-state index contributed by atoms with van der Waals surface area (Å²) in [4.78, 5) is 38.3. The van der Waals surface area contributed by atoms with Gasteiger partial charge in [0.15, 0.2) is 17.2 Å². The summed E-state index contributed by atoms with van der Waals surface area (Å²) in [5.41, 5.74) is 3.25. The van der Waals surface area contributed by atoms with Crippen LogP contribution >= 0.6 is 0 Å². The molecule has 2 aromatic rings. The number of phenolic OH excluding ortho intramolecular Hbond substituents is 1. The van der Waals surface area contributed by atoms with E-state index in [0.717, 1.165) is 0 Å². The van der Waals surface area contributed by atoms with Gasteiger partial charge in [-0.05, 0) is 55.0 Å². The van der Waals surface area contributed by atoms with Crippen molar-refractivity contribution >= 4 is 17.5 Å². The summed E-state index contributed by atoms with van der Waals surface area (Å²) >= 11 is 0. The summed E-state index contributed by atoms with van der Waals surface area (Å²) < 4.78 is 14.0. The standard InChI is InChI=1S/C27H22FNO7/c28-17-4-2-1-3-13(17)6-5-12-7-8-18(30)21-16(12)10-14-9-15-11-19(31)22(26(29)35)25(34)27(15,36)24(33)20(14)23(21)32/h1-4,7-8,14-15,19,22,30-31,33,36H,9-11H2,(H2,29,35)/t14-,15+,19?,22?,27+/m1/s1. The van der Waals surface area contributed by atoms with Crippen LogP contribution in [0.2, 0.25) is 0 Å². The van der Waals surface area contributed by atoms with Gasteiger partial charge in [-0.3, -0.25) is 14.4 Å². The lowest BCUT2D eigenvalue weighted by atomic mass is 9.57. The molecule has 3 aliphatic carbocycles. The number of hydrogen-bond acceptors (Lipinski definition) is 7. The second-order valence-corrected chi connectivity index (χ2v) is 9.45. The van der Waals surface area contributed by atoms with Crippen LogP contribution in [0.25, 0.3) is 0 Å². The molecule has 1 saturated carbocycles. The number of benzene rings is 2. The van der Waals surface area contributed by atoms with Gasteiger partial charge in [-0.25, -0.2) is 4.39 Å². The van der Waals surface area contributed by atoms with Crippen molar-refractivity contribution in [1.29, 1.82) is 0 Å². The molecule has 1 amide bonds. The predicted octanol–water partition coefficient (Wildman–Crippen LogP) is 1.28. The third kappa shape index (κ3) is 3.33. The Morgan fingerprint density at radius 1 is 1.06 bits per heavy atom. The van der Waals surface area contributed by atoms with Crippen molar-refractivity contribution in [2.75, 3.05) is 0 Å². The monoisotopic (exact) mass is 491 g/mol. The number of rotatable bonds is 1. The van der Waals surface area contributed by atoms with E-state index in [-0.39, 0.29) is 41.7 Å². The van der Waals surface area contributed by atoms with Gasteiger partial charge in [0, 0.05) is 17.1 Å². The highest BCUT2D eigenvalue weighted by Gasteiger charge is 2.62. The fourth-order valence-corrected chi connectivity index (χ4v) is 5.74. The Morgan fingerprint density at radius 3 is 2.44 bits per heavy atom. The number of aromatic hydroxyl groups is 1. The first-order valence-corrected chi connectivity index (χ1v) is 11.4. The van der Waals surface area contributed by atoms with Crippen LogP contribution < -0.4 is 5.73 Å². The zero-order valence-electron chi connectivity index (χ0n) is 18.9. The van der Waals surface area contributed by atoms with E-state index in [4.69, 9.17) is 5.73 Å². The largest absolute Gasteiger partial charge is 0.508 e. The Kier molecular flexibility index (Phi) is 5.47. The average Bonchev–Trinajstić information content (AvgIpc) is 2.81. The fourth-order valence-electron chi connectivity index (χ4n) is 5.74. The van der Waals surface area contributed by atoms with Crippen LogP contribution in [0.15, 0.2) is 47.7 Å². The number of carbonyl (C=O) groups is 3. The Hall–Kier alpha value is -4.00. The van der Waals surface area contributed by atoms with E-state index in [2.05, 4.69) is 11.8 Å². The second kappa shape index (κ2) is 8.29. The molecule has 9 heteroatoms. The molecule has 0 saturated heterocycles. The van der Waals surface area contributed by atoms with Crippen molar-refractivity contribution in [3.63, 3.8) is 0 Å². The first-order valence-electron chi connectivity index (χ1n) is 11.4. The average molecular weight is 491 g/mol. The van der Waals surface area contributed by atoms with Crippen molar-refractivity contribution < 1.29 is 39.2 Å². The minimum atomic E-state index is -2.56. The van der Waals surface area contributed by atoms with Gasteiger partial charge in [0.25, 0.3) is 0 Å². The number of halogens is 1. The van der Waals surface area contributed by atoms with Gasteiger partial charge in [-0.2, -0.15) is 0 Å². The first kappa shape index (κ1) is 23.7. The topological polar surface area (TPSA) is 158 Å². The summed E-state index contributed by atoms with van der Waals surface area (Å²) in [6, 6.07) is 8.71. The van der Waals surface area contributed by atoms with E-state index in [1.54, 1.807) is 6.07 Å². The third-order valence-electron chi connectivity index (χ3n) is 7.48. The molecule has 6 N–H and O–H groups in total. The molecule has 0 radical (unpaired) electrons. The Bertz CT molecular complexity index is 1440. The van der Waals surface area contributed by atoms with Crippen LogP contribution in [0.1, 0.15) is 39.9 Å². The highest BCUT2D eigenvalue weighted by atomic mass is 19.1. The molecule has 5 atom stereocenters. The predicted molar refractivity (Wildman–Crippen MR) is 123 cm³/mol. The molecule has 2 unspecified atom stereocenters. The van der Waals surface area contributed by atoms with Crippen molar-refractivity contribution in [1.82, 2.24) is 0 Å². The second-order valence-electron chi connectivity index (χ2n) is 9.45. The number of aliphatic hydroxyl groups is 3. The highest BCUT2D eigenvalue weighted by molar-refractivity contribution is 6.15. The third-order valence-corrected chi connectivity index (χ3v) is 7.48. The lowest BCUT2D eigenvalue weighted by Gasteiger charge is -2.48. The van der Waals surface area contributed by atoms with Crippen molar-refractivity contribution in [2.45, 2.75) is 31.0 Å². The smallest absolute Gasteiger partial charge is 0.230 e. The molecule has 3 aliphatic rings.